The van der Waals surface area contributed by atoms with E-state index in [0.29, 0.717) is 6.04 Å². The van der Waals surface area contributed by atoms with Gasteiger partial charge >= 0.3 is 0 Å². The second-order valence-corrected chi connectivity index (χ2v) is 7.32. The van der Waals surface area contributed by atoms with Crippen LogP contribution in [0.1, 0.15) is 47.7 Å². The molecule has 1 unspecified atom stereocenters. The van der Waals surface area contributed by atoms with Crippen LogP contribution in [0.2, 0.25) is 5.02 Å². The lowest BCUT2D eigenvalue weighted by molar-refractivity contribution is 0.195. The summed E-state index contributed by atoms with van der Waals surface area (Å²) < 4.78 is 0. The molecule has 21 heavy (non-hydrogen) atoms. The van der Waals surface area contributed by atoms with Gasteiger partial charge < -0.3 is 0 Å². The Morgan fingerprint density at radius 1 is 1.24 bits per heavy atom. The third kappa shape index (κ3) is 3.68. The molecule has 3 heteroatoms. The molecule has 0 aliphatic carbocycles. The van der Waals surface area contributed by atoms with Gasteiger partial charge in [-0.15, -0.1) is 11.3 Å². The molecule has 1 saturated heterocycles. The van der Waals surface area contributed by atoms with E-state index in [1.165, 1.54) is 43.4 Å². The number of likely N-dealkylation sites (tertiary alicyclic amines) is 1. The van der Waals surface area contributed by atoms with Gasteiger partial charge in [0.25, 0.3) is 0 Å². The van der Waals surface area contributed by atoms with Crippen molar-refractivity contribution in [1.29, 1.82) is 0 Å². The van der Waals surface area contributed by atoms with Crippen LogP contribution in [0.5, 0.6) is 0 Å². The summed E-state index contributed by atoms with van der Waals surface area (Å²) in [4.78, 5) is 4.20. The Hall–Kier alpha value is -0.830. The van der Waals surface area contributed by atoms with Gasteiger partial charge in [0.2, 0.25) is 0 Å². The van der Waals surface area contributed by atoms with Gasteiger partial charge in [0, 0.05) is 22.5 Å². The van der Waals surface area contributed by atoms with Crippen LogP contribution in [-0.2, 0) is 6.54 Å². The summed E-state index contributed by atoms with van der Waals surface area (Å²) in [6.07, 6.45) is 5.28. The Kier molecular flexibility index (Phi) is 4.99. The summed E-state index contributed by atoms with van der Waals surface area (Å²) in [5.74, 6) is 0. The van der Waals surface area contributed by atoms with E-state index < -0.39 is 0 Å². The first kappa shape index (κ1) is 15.1. The van der Waals surface area contributed by atoms with Crippen molar-refractivity contribution in [3.05, 3.63) is 56.7 Å². The Balaban J connectivity index is 1.84. The van der Waals surface area contributed by atoms with Crippen LogP contribution in [0, 0.1) is 6.92 Å². The van der Waals surface area contributed by atoms with Gasteiger partial charge in [-0.1, -0.05) is 36.6 Å². The van der Waals surface area contributed by atoms with Crippen molar-refractivity contribution in [2.45, 2.75) is 45.2 Å². The van der Waals surface area contributed by atoms with Gasteiger partial charge in [-0.05, 0) is 61.0 Å². The number of thiophene rings is 1. The first-order valence-corrected chi connectivity index (χ1v) is 9.02. The lowest BCUT2D eigenvalue weighted by Gasteiger charge is -2.30. The van der Waals surface area contributed by atoms with E-state index in [9.17, 15) is 0 Å². The van der Waals surface area contributed by atoms with Crippen LogP contribution in [0.15, 0.2) is 35.7 Å². The van der Waals surface area contributed by atoms with Crippen molar-refractivity contribution >= 4 is 22.9 Å². The van der Waals surface area contributed by atoms with E-state index in [-0.39, 0.29) is 0 Å². The number of halogens is 1. The molecule has 112 valence electrons. The monoisotopic (exact) mass is 319 g/mol. The Labute approximate surface area is 136 Å². The van der Waals surface area contributed by atoms with Gasteiger partial charge in [0.05, 0.1) is 0 Å². The molecule has 1 fully saturated rings. The van der Waals surface area contributed by atoms with Crippen molar-refractivity contribution in [1.82, 2.24) is 4.90 Å². The van der Waals surface area contributed by atoms with Crippen molar-refractivity contribution in [2.75, 3.05) is 6.54 Å². The molecule has 2 aromatic rings. The third-order valence-corrected chi connectivity index (χ3v) is 5.70. The zero-order chi connectivity index (χ0) is 14.7. The van der Waals surface area contributed by atoms with Crippen LogP contribution in [0.25, 0.3) is 0 Å². The number of rotatable bonds is 3. The smallest absolute Gasteiger partial charge is 0.0447 e. The summed E-state index contributed by atoms with van der Waals surface area (Å²) in [6.45, 7) is 4.44. The second kappa shape index (κ2) is 6.95. The molecule has 0 amide bonds. The molecule has 0 radical (unpaired) electrons. The molecule has 1 aliphatic rings. The number of aryl methyl sites for hydroxylation is 1. The minimum atomic E-state index is 0.575. The standard InChI is InChI=1S/C18H22ClNS/c1-14-9-11-21-18(14)17-8-3-2-4-10-20(17)13-15-6-5-7-16(19)12-15/h5-7,9,11-12,17H,2-4,8,10,13H2,1H3. The highest BCUT2D eigenvalue weighted by atomic mass is 35.5. The van der Waals surface area contributed by atoms with Crippen LogP contribution in [0.3, 0.4) is 0 Å². The summed E-state index contributed by atoms with van der Waals surface area (Å²) in [5, 5.41) is 3.07. The molecule has 1 nitrogen and oxygen atoms in total. The van der Waals surface area contributed by atoms with E-state index >= 15 is 0 Å². The lowest BCUT2D eigenvalue weighted by Crippen LogP contribution is -2.28. The highest BCUT2D eigenvalue weighted by molar-refractivity contribution is 7.10. The number of hydrogen-bond donors (Lipinski definition) is 0. The zero-order valence-corrected chi connectivity index (χ0v) is 14.1. The van der Waals surface area contributed by atoms with Crippen LogP contribution in [-0.4, -0.2) is 11.4 Å². The Morgan fingerprint density at radius 3 is 2.90 bits per heavy atom. The van der Waals surface area contributed by atoms with Gasteiger partial charge in [-0.3, -0.25) is 4.90 Å². The van der Waals surface area contributed by atoms with E-state index in [2.05, 4.69) is 41.5 Å². The topological polar surface area (TPSA) is 3.24 Å². The average Bonchev–Trinajstić information content (AvgIpc) is 2.75. The molecule has 1 aromatic heterocycles. The molecular weight excluding hydrogens is 298 g/mol. The van der Waals surface area contributed by atoms with Crippen molar-refractivity contribution < 1.29 is 0 Å². The van der Waals surface area contributed by atoms with Gasteiger partial charge in [0.1, 0.15) is 0 Å². The maximum absolute atomic E-state index is 6.14. The summed E-state index contributed by atoms with van der Waals surface area (Å²) >= 11 is 8.05. The molecule has 0 saturated carbocycles. The zero-order valence-electron chi connectivity index (χ0n) is 12.5. The molecule has 2 heterocycles. The number of hydrogen-bond acceptors (Lipinski definition) is 2. The number of nitrogens with zero attached hydrogens (tertiary/aromatic N) is 1. The molecule has 1 atom stereocenters. The Morgan fingerprint density at radius 2 is 2.14 bits per heavy atom. The minimum absolute atomic E-state index is 0.575. The molecule has 1 aliphatic heterocycles. The second-order valence-electron chi connectivity index (χ2n) is 5.93. The fraction of sp³-hybridized carbons (Fsp3) is 0.444. The first-order chi connectivity index (χ1) is 10.2. The van der Waals surface area contributed by atoms with Crippen molar-refractivity contribution in [3.63, 3.8) is 0 Å². The SMILES string of the molecule is Cc1ccsc1C1CCCCCN1Cc1cccc(Cl)c1. The lowest BCUT2D eigenvalue weighted by atomic mass is 10.0. The van der Waals surface area contributed by atoms with Gasteiger partial charge in [-0.2, -0.15) is 0 Å². The molecule has 3 rings (SSSR count). The molecular formula is C18H22ClNS. The molecule has 1 aromatic carbocycles. The molecule has 0 bridgehead atoms. The highest BCUT2D eigenvalue weighted by Crippen LogP contribution is 2.36. The van der Waals surface area contributed by atoms with Crippen molar-refractivity contribution in [3.8, 4) is 0 Å². The minimum Gasteiger partial charge on any atom is -0.291 e. The molecule has 0 spiro atoms. The summed E-state index contributed by atoms with van der Waals surface area (Å²) in [6, 6.07) is 11.1. The largest absolute Gasteiger partial charge is 0.291 e. The highest BCUT2D eigenvalue weighted by Gasteiger charge is 2.24. The van der Waals surface area contributed by atoms with Gasteiger partial charge in [0.15, 0.2) is 0 Å². The fourth-order valence-corrected chi connectivity index (χ4v) is 4.56. The van der Waals surface area contributed by atoms with E-state index in [0.717, 1.165) is 11.6 Å². The van der Waals surface area contributed by atoms with E-state index in [1.54, 1.807) is 4.88 Å². The molecule has 0 N–H and O–H groups in total. The Bertz CT molecular complexity index is 592. The number of benzene rings is 1. The average molecular weight is 320 g/mol. The van der Waals surface area contributed by atoms with Crippen LogP contribution < -0.4 is 0 Å². The van der Waals surface area contributed by atoms with E-state index in [4.69, 9.17) is 11.6 Å². The van der Waals surface area contributed by atoms with Crippen LogP contribution in [0.4, 0.5) is 0 Å². The normalized spacial score (nSPS) is 20.4. The quantitative estimate of drug-likeness (QED) is 0.688. The summed E-state index contributed by atoms with van der Waals surface area (Å²) in [7, 11) is 0. The predicted octanol–water partition coefficient (Wildman–Crippen LogP) is 5.83. The third-order valence-electron chi connectivity index (χ3n) is 4.34. The maximum Gasteiger partial charge on any atom is 0.0447 e. The maximum atomic E-state index is 6.14. The van der Waals surface area contributed by atoms with Crippen LogP contribution >= 0.6 is 22.9 Å². The van der Waals surface area contributed by atoms with Gasteiger partial charge in [-0.25, -0.2) is 0 Å². The van der Waals surface area contributed by atoms with E-state index in [1.807, 2.05) is 17.4 Å². The summed E-state index contributed by atoms with van der Waals surface area (Å²) in [5.41, 5.74) is 2.77. The predicted molar refractivity (Wildman–Crippen MR) is 92.1 cm³/mol. The first-order valence-electron chi connectivity index (χ1n) is 7.76. The fourth-order valence-electron chi connectivity index (χ4n) is 3.25. The van der Waals surface area contributed by atoms with Crippen molar-refractivity contribution in [2.24, 2.45) is 0 Å².